The lowest BCUT2D eigenvalue weighted by atomic mass is 9.69. The topological polar surface area (TPSA) is 79.8 Å². The third-order valence-electron chi connectivity index (χ3n) is 7.79. The van der Waals surface area contributed by atoms with E-state index in [0.29, 0.717) is 29.6 Å². The van der Waals surface area contributed by atoms with Gasteiger partial charge < -0.3 is 9.72 Å². The number of nitrogens with one attached hydrogen (secondary N) is 1. The number of hydrogen-bond acceptors (Lipinski definition) is 6. The van der Waals surface area contributed by atoms with Gasteiger partial charge in [-0.2, -0.15) is 4.98 Å². The Hall–Kier alpha value is -3.58. The maximum absolute atomic E-state index is 5.27. The summed E-state index contributed by atoms with van der Waals surface area (Å²) in [6.45, 7) is 9.62. The third-order valence-corrected chi connectivity index (χ3v) is 7.79. The van der Waals surface area contributed by atoms with Crippen molar-refractivity contribution in [1.82, 2.24) is 29.8 Å². The molecule has 38 heavy (non-hydrogen) atoms. The van der Waals surface area contributed by atoms with E-state index in [-0.39, 0.29) is 0 Å². The largest absolute Gasteiger partial charge is 0.481 e. The van der Waals surface area contributed by atoms with Gasteiger partial charge in [0.25, 0.3) is 0 Å². The van der Waals surface area contributed by atoms with Gasteiger partial charge in [0.05, 0.1) is 24.0 Å². The second-order valence-corrected chi connectivity index (χ2v) is 10.8. The van der Waals surface area contributed by atoms with Gasteiger partial charge in [0.1, 0.15) is 5.82 Å². The maximum atomic E-state index is 5.27. The minimum atomic E-state index is 0.459. The van der Waals surface area contributed by atoms with Crippen LogP contribution in [0, 0.1) is 23.7 Å². The molecule has 7 heteroatoms. The van der Waals surface area contributed by atoms with Gasteiger partial charge in [0.2, 0.25) is 5.88 Å². The molecule has 3 atom stereocenters. The Morgan fingerprint density at radius 2 is 1.68 bits per heavy atom. The summed E-state index contributed by atoms with van der Waals surface area (Å²) in [4.78, 5) is 24.5. The zero-order chi connectivity index (χ0) is 26.5. The van der Waals surface area contributed by atoms with Crippen molar-refractivity contribution in [2.75, 3.05) is 13.7 Å². The number of aromatic amines is 1. The fourth-order valence-electron chi connectivity index (χ4n) is 5.78. The van der Waals surface area contributed by atoms with E-state index in [1.807, 2.05) is 36.7 Å². The van der Waals surface area contributed by atoms with E-state index in [9.17, 15) is 0 Å². The monoisotopic (exact) mass is 510 g/mol. The highest BCUT2D eigenvalue weighted by molar-refractivity contribution is 5.71. The minimum absolute atomic E-state index is 0.459. The van der Waals surface area contributed by atoms with Gasteiger partial charge in [-0.3, -0.25) is 14.9 Å². The van der Waals surface area contributed by atoms with Crippen LogP contribution in [0.15, 0.2) is 72.6 Å². The highest BCUT2D eigenvalue weighted by atomic mass is 16.5. The molecule has 7 nitrogen and oxygen atoms in total. The standard InChI is InChI=1S/C31H38N6O/c1-21(2)27-16-23(17-29-34-28-11-12-30(38-4)36-31(28)35-29)22(3)15-24(27)18-37(19-25-9-5-7-13-32-25)20-26-10-6-8-14-33-26/h5-15,21,23-24,27H,16-20H2,1-4H3,(H,34,35,36). The van der Waals surface area contributed by atoms with Crippen LogP contribution < -0.4 is 4.74 Å². The molecule has 0 spiro atoms. The lowest BCUT2D eigenvalue weighted by molar-refractivity contribution is 0.149. The molecule has 0 aliphatic heterocycles. The number of H-pyrrole nitrogens is 1. The van der Waals surface area contributed by atoms with Gasteiger partial charge in [0, 0.05) is 44.5 Å². The second kappa shape index (κ2) is 11.9. The van der Waals surface area contributed by atoms with E-state index in [0.717, 1.165) is 60.9 Å². The predicted octanol–water partition coefficient (Wildman–Crippen LogP) is 5.86. The zero-order valence-corrected chi connectivity index (χ0v) is 22.8. The van der Waals surface area contributed by atoms with Crippen LogP contribution in [0.3, 0.4) is 0 Å². The average molecular weight is 511 g/mol. The van der Waals surface area contributed by atoms with Gasteiger partial charge in [-0.25, -0.2) is 4.98 Å². The third kappa shape index (κ3) is 6.27. The van der Waals surface area contributed by atoms with Crippen LogP contribution in [-0.2, 0) is 19.5 Å². The van der Waals surface area contributed by atoms with E-state index in [1.54, 1.807) is 7.11 Å². The molecule has 0 saturated heterocycles. The first-order chi connectivity index (χ1) is 18.5. The molecule has 4 aromatic heterocycles. The molecule has 1 aliphatic carbocycles. The lowest BCUT2D eigenvalue weighted by Gasteiger charge is -2.39. The molecule has 0 aromatic carbocycles. The average Bonchev–Trinajstić information content (AvgIpc) is 3.32. The van der Waals surface area contributed by atoms with E-state index in [2.05, 4.69) is 75.9 Å². The van der Waals surface area contributed by atoms with Gasteiger partial charge in [-0.05, 0) is 67.3 Å². The summed E-state index contributed by atoms with van der Waals surface area (Å²) in [5.74, 6) is 3.68. The van der Waals surface area contributed by atoms with Crippen LogP contribution in [0.2, 0.25) is 0 Å². The highest BCUT2D eigenvalue weighted by Crippen LogP contribution is 2.39. The molecule has 198 valence electrons. The van der Waals surface area contributed by atoms with Crippen molar-refractivity contribution in [2.45, 2.75) is 46.7 Å². The van der Waals surface area contributed by atoms with Crippen LogP contribution >= 0.6 is 0 Å². The van der Waals surface area contributed by atoms with Crippen LogP contribution in [0.4, 0.5) is 0 Å². The van der Waals surface area contributed by atoms with Crippen molar-refractivity contribution in [3.63, 3.8) is 0 Å². The Morgan fingerprint density at radius 1 is 0.974 bits per heavy atom. The Labute approximate surface area is 225 Å². The first kappa shape index (κ1) is 26.0. The summed E-state index contributed by atoms with van der Waals surface area (Å²) in [7, 11) is 1.63. The summed E-state index contributed by atoms with van der Waals surface area (Å²) < 4.78 is 5.27. The van der Waals surface area contributed by atoms with Crippen LogP contribution in [0.1, 0.15) is 44.4 Å². The molecule has 1 N–H and O–H groups in total. The summed E-state index contributed by atoms with van der Waals surface area (Å²) >= 11 is 0. The van der Waals surface area contributed by atoms with Gasteiger partial charge in [-0.1, -0.05) is 37.6 Å². The SMILES string of the molecule is COc1ccc2[nH]c(CC3CC(C(C)C)C(CN(Cc4ccccn4)Cc4ccccn4)C=C3C)nc2n1. The molecule has 0 bridgehead atoms. The molecule has 0 fully saturated rings. The number of allylic oxidation sites excluding steroid dienone is 1. The minimum Gasteiger partial charge on any atom is -0.481 e. The van der Waals surface area contributed by atoms with Gasteiger partial charge in [0.15, 0.2) is 5.65 Å². The van der Waals surface area contributed by atoms with Crippen LogP contribution in [0.25, 0.3) is 11.2 Å². The molecule has 0 saturated carbocycles. The second-order valence-electron chi connectivity index (χ2n) is 10.8. The number of ether oxygens (including phenoxy) is 1. The number of hydrogen-bond donors (Lipinski definition) is 1. The Kier molecular flexibility index (Phi) is 8.13. The number of methoxy groups -OCH3 is 1. The van der Waals surface area contributed by atoms with Crippen molar-refractivity contribution in [3.05, 3.63) is 89.8 Å². The molecular weight excluding hydrogens is 472 g/mol. The van der Waals surface area contributed by atoms with E-state index in [1.165, 1.54) is 5.57 Å². The fourth-order valence-corrected chi connectivity index (χ4v) is 5.78. The number of imidazole rings is 1. The van der Waals surface area contributed by atoms with E-state index >= 15 is 0 Å². The van der Waals surface area contributed by atoms with Crippen molar-refractivity contribution in [1.29, 1.82) is 0 Å². The molecule has 5 rings (SSSR count). The molecule has 4 heterocycles. The Bertz CT molecular complexity index is 1310. The van der Waals surface area contributed by atoms with Crippen molar-refractivity contribution < 1.29 is 4.74 Å². The first-order valence-electron chi connectivity index (χ1n) is 13.6. The van der Waals surface area contributed by atoms with Crippen molar-refractivity contribution in [3.8, 4) is 5.88 Å². The maximum Gasteiger partial charge on any atom is 0.215 e. The summed E-state index contributed by atoms with van der Waals surface area (Å²) in [6, 6.07) is 16.2. The van der Waals surface area contributed by atoms with Crippen molar-refractivity contribution in [2.24, 2.45) is 23.7 Å². The first-order valence-corrected chi connectivity index (χ1v) is 13.6. The molecule has 3 unspecified atom stereocenters. The molecule has 1 aliphatic rings. The van der Waals surface area contributed by atoms with Gasteiger partial charge in [-0.15, -0.1) is 0 Å². The number of aromatic nitrogens is 5. The van der Waals surface area contributed by atoms with E-state index < -0.39 is 0 Å². The molecule has 0 amide bonds. The predicted molar refractivity (Wildman–Crippen MR) is 150 cm³/mol. The smallest absolute Gasteiger partial charge is 0.215 e. The number of pyridine rings is 3. The number of nitrogens with zero attached hydrogens (tertiary/aromatic N) is 5. The zero-order valence-electron chi connectivity index (χ0n) is 22.8. The van der Waals surface area contributed by atoms with Crippen LogP contribution in [0.5, 0.6) is 5.88 Å². The summed E-state index contributed by atoms with van der Waals surface area (Å²) in [5.41, 5.74) is 5.31. The molecule has 4 aromatic rings. The fraction of sp³-hybridized carbons (Fsp3) is 0.419. The number of rotatable bonds is 10. The summed E-state index contributed by atoms with van der Waals surface area (Å²) in [5, 5.41) is 0. The Balaban J connectivity index is 1.35. The molecular formula is C31H38N6O. The number of fused-ring (bicyclic) bond motifs is 1. The van der Waals surface area contributed by atoms with E-state index in [4.69, 9.17) is 9.72 Å². The van der Waals surface area contributed by atoms with Crippen molar-refractivity contribution >= 4 is 11.2 Å². The normalized spacial score (nSPS) is 19.7. The lowest BCUT2D eigenvalue weighted by Crippen LogP contribution is -2.37. The van der Waals surface area contributed by atoms with Crippen LogP contribution in [-0.4, -0.2) is 43.5 Å². The molecule has 0 radical (unpaired) electrons. The summed E-state index contributed by atoms with van der Waals surface area (Å²) in [6.07, 6.45) is 8.34. The quantitative estimate of drug-likeness (QED) is 0.269. The Morgan fingerprint density at radius 3 is 2.29 bits per heavy atom. The van der Waals surface area contributed by atoms with Gasteiger partial charge >= 0.3 is 0 Å². The highest BCUT2D eigenvalue weighted by Gasteiger charge is 2.33.